The first-order valence-electron chi connectivity index (χ1n) is 6.82. The van der Waals surface area contributed by atoms with Gasteiger partial charge in [-0.3, -0.25) is 0 Å². The van der Waals surface area contributed by atoms with Crippen molar-refractivity contribution in [2.24, 2.45) is 0 Å². The summed E-state index contributed by atoms with van der Waals surface area (Å²) in [7, 11) is 0. The SMILES string of the molecule is C=CCCCCC=CCCCC=CCCC. The van der Waals surface area contributed by atoms with Crippen molar-refractivity contribution >= 4 is 0 Å². The van der Waals surface area contributed by atoms with Crippen LogP contribution >= 0.6 is 0 Å². The molecule has 0 rings (SSSR count). The van der Waals surface area contributed by atoms with E-state index in [0.29, 0.717) is 0 Å². The Morgan fingerprint density at radius 1 is 0.688 bits per heavy atom. The fourth-order valence-electron chi connectivity index (χ4n) is 1.54. The lowest BCUT2D eigenvalue weighted by Gasteiger charge is -1.93. The lowest BCUT2D eigenvalue weighted by Crippen LogP contribution is -1.73. The molecule has 0 amide bonds. The molecule has 92 valence electrons. The minimum absolute atomic E-state index is 1.16. The summed E-state index contributed by atoms with van der Waals surface area (Å²) >= 11 is 0. The average Bonchev–Trinajstić information content (AvgIpc) is 2.31. The van der Waals surface area contributed by atoms with Gasteiger partial charge in [-0.2, -0.15) is 0 Å². The van der Waals surface area contributed by atoms with Gasteiger partial charge >= 0.3 is 0 Å². The monoisotopic (exact) mass is 220 g/mol. The lowest BCUT2D eigenvalue weighted by atomic mass is 10.1. The summed E-state index contributed by atoms with van der Waals surface area (Å²) in [5.41, 5.74) is 0. The van der Waals surface area contributed by atoms with Crippen molar-refractivity contribution in [1.82, 2.24) is 0 Å². The van der Waals surface area contributed by atoms with E-state index in [4.69, 9.17) is 0 Å². The minimum Gasteiger partial charge on any atom is -0.103 e. The Balaban J connectivity index is 3.12. The first-order valence-corrected chi connectivity index (χ1v) is 6.82. The fourth-order valence-corrected chi connectivity index (χ4v) is 1.54. The number of allylic oxidation sites excluding steroid dienone is 5. The molecular formula is C16H28. The smallest absolute Gasteiger partial charge is 0.0348 e. The molecule has 0 heterocycles. The summed E-state index contributed by atoms with van der Waals surface area (Å²) in [6, 6.07) is 0. The Hall–Kier alpha value is -0.780. The molecule has 0 nitrogen and oxygen atoms in total. The van der Waals surface area contributed by atoms with Crippen molar-refractivity contribution in [2.45, 2.75) is 64.7 Å². The van der Waals surface area contributed by atoms with Crippen molar-refractivity contribution in [2.75, 3.05) is 0 Å². The van der Waals surface area contributed by atoms with E-state index in [-0.39, 0.29) is 0 Å². The Kier molecular flexibility index (Phi) is 13.5. The highest BCUT2D eigenvalue weighted by atomic mass is 13.9. The summed E-state index contributed by atoms with van der Waals surface area (Å²) in [5, 5.41) is 0. The highest BCUT2D eigenvalue weighted by Gasteiger charge is 1.83. The molecule has 0 radical (unpaired) electrons. The molecule has 0 heteroatoms. The van der Waals surface area contributed by atoms with Crippen molar-refractivity contribution in [3.63, 3.8) is 0 Å². The van der Waals surface area contributed by atoms with E-state index in [1.54, 1.807) is 0 Å². The Labute approximate surface area is 102 Å². The summed E-state index contributed by atoms with van der Waals surface area (Å²) in [6.07, 6.45) is 22.6. The second kappa shape index (κ2) is 14.2. The molecule has 0 saturated carbocycles. The highest BCUT2D eigenvalue weighted by Crippen LogP contribution is 2.03. The van der Waals surface area contributed by atoms with Crippen LogP contribution in [0.25, 0.3) is 0 Å². The molecule has 0 bridgehead atoms. The first kappa shape index (κ1) is 15.2. The van der Waals surface area contributed by atoms with Gasteiger partial charge in [0.2, 0.25) is 0 Å². The molecular weight excluding hydrogens is 192 g/mol. The van der Waals surface area contributed by atoms with Crippen LogP contribution in [-0.2, 0) is 0 Å². The van der Waals surface area contributed by atoms with Crippen molar-refractivity contribution in [3.8, 4) is 0 Å². The average molecular weight is 220 g/mol. The van der Waals surface area contributed by atoms with Crippen LogP contribution in [0.5, 0.6) is 0 Å². The van der Waals surface area contributed by atoms with E-state index in [1.165, 1.54) is 51.4 Å². The highest BCUT2D eigenvalue weighted by molar-refractivity contribution is 4.85. The molecule has 0 aromatic heterocycles. The topological polar surface area (TPSA) is 0 Å². The van der Waals surface area contributed by atoms with E-state index in [0.717, 1.165) is 6.42 Å². The Bertz CT molecular complexity index is 186. The molecule has 16 heavy (non-hydrogen) atoms. The second-order valence-corrected chi connectivity index (χ2v) is 4.24. The quantitative estimate of drug-likeness (QED) is 0.304. The van der Waals surface area contributed by atoms with Gasteiger partial charge in [0, 0.05) is 0 Å². The molecule has 0 spiro atoms. The molecule has 0 fully saturated rings. The van der Waals surface area contributed by atoms with E-state index in [9.17, 15) is 0 Å². The maximum Gasteiger partial charge on any atom is -0.0348 e. The van der Waals surface area contributed by atoms with Crippen LogP contribution < -0.4 is 0 Å². The van der Waals surface area contributed by atoms with E-state index in [2.05, 4.69) is 37.8 Å². The van der Waals surface area contributed by atoms with Crippen LogP contribution in [0.15, 0.2) is 37.0 Å². The summed E-state index contributed by atoms with van der Waals surface area (Å²) in [6.45, 7) is 5.95. The fraction of sp³-hybridized carbons (Fsp3) is 0.625. The maximum absolute atomic E-state index is 3.73. The standard InChI is InChI=1S/C16H28/c1-3-5-7-9-11-13-15-16-14-12-10-8-6-4-2/h3,8,10,13,15H,1,4-7,9,11-12,14,16H2,2H3. The van der Waals surface area contributed by atoms with Crippen molar-refractivity contribution in [1.29, 1.82) is 0 Å². The second-order valence-electron chi connectivity index (χ2n) is 4.24. The van der Waals surface area contributed by atoms with E-state index < -0.39 is 0 Å². The predicted octanol–water partition coefficient (Wildman–Crippen LogP) is 5.82. The van der Waals surface area contributed by atoms with Crippen LogP contribution in [0.3, 0.4) is 0 Å². The van der Waals surface area contributed by atoms with Crippen LogP contribution in [0.1, 0.15) is 64.7 Å². The van der Waals surface area contributed by atoms with Crippen molar-refractivity contribution in [3.05, 3.63) is 37.0 Å². The Morgan fingerprint density at radius 3 is 1.75 bits per heavy atom. The molecule has 0 unspecified atom stereocenters. The number of hydrogen-bond donors (Lipinski definition) is 0. The third kappa shape index (κ3) is 13.2. The largest absolute Gasteiger partial charge is 0.103 e. The van der Waals surface area contributed by atoms with Crippen LogP contribution in [0.2, 0.25) is 0 Å². The van der Waals surface area contributed by atoms with Gasteiger partial charge in [-0.05, 0) is 51.4 Å². The van der Waals surface area contributed by atoms with Gasteiger partial charge < -0.3 is 0 Å². The van der Waals surface area contributed by atoms with Gasteiger partial charge in [0.15, 0.2) is 0 Å². The molecule has 0 N–H and O–H groups in total. The third-order valence-electron chi connectivity index (χ3n) is 2.56. The van der Waals surface area contributed by atoms with Crippen LogP contribution in [-0.4, -0.2) is 0 Å². The first-order chi connectivity index (χ1) is 7.91. The molecule has 0 aliphatic carbocycles. The van der Waals surface area contributed by atoms with Gasteiger partial charge in [0.05, 0.1) is 0 Å². The third-order valence-corrected chi connectivity index (χ3v) is 2.56. The molecule has 0 atom stereocenters. The minimum atomic E-state index is 1.16. The van der Waals surface area contributed by atoms with E-state index >= 15 is 0 Å². The predicted molar refractivity (Wildman–Crippen MR) is 75.7 cm³/mol. The van der Waals surface area contributed by atoms with E-state index in [1.807, 2.05) is 6.08 Å². The number of unbranched alkanes of at least 4 members (excludes halogenated alkanes) is 6. The maximum atomic E-state index is 3.73. The van der Waals surface area contributed by atoms with Gasteiger partial charge in [0.25, 0.3) is 0 Å². The molecule has 0 aromatic carbocycles. The normalized spacial score (nSPS) is 11.6. The molecule has 0 aliphatic heterocycles. The van der Waals surface area contributed by atoms with Gasteiger partial charge in [-0.1, -0.05) is 43.7 Å². The molecule has 0 aliphatic rings. The number of rotatable bonds is 11. The number of hydrogen-bond acceptors (Lipinski definition) is 0. The Morgan fingerprint density at radius 2 is 1.19 bits per heavy atom. The van der Waals surface area contributed by atoms with Gasteiger partial charge in [-0.25, -0.2) is 0 Å². The zero-order valence-corrected chi connectivity index (χ0v) is 11.0. The van der Waals surface area contributed by atoms with Crippen molar-refractivity contribution < 1.29 is 0 Å². The summed E-state index contributed by atoms with van der Waals surface area (Å²) in [4.78, 5) is 0. The molecule has 0 saturated heterocycles. The van der Waals surface area contributed by atoms with Crippen LogP contribution in [0.4, 0.5) is 0 Å². The summed E-state index contributed by atoms with van der Waals surface area (Å²) in [5.74, 6) is 0. The van der Waals surface area contributed by atoms with Gasteiger partial charge in [-0.15, -0.1) is 6.58 Å². The molecule has 0 aromatic rings. The lowest BCUT2D eigenvalue weighted by molar-refractivity contribution is 0.759. The zero-order chi connectivity index (χ0) is 11.9. The zero-order valence-electron chi connectivity index (χ0n) is 11.0. The van der Waals surface area contributed by atoms with Gasteiger partial charge in [0.1, 0.15) is 0 Å². The van der Waals surface area contributed by atoms with Crippen LogP contribution in [0, 0.1) is 0 Å². The summed E-state index contributed by atoms with van der Waals surface area (Å²) < 4.78 is 0.